The Morgan fingerprint density at radius 2 is 1.88 bits per heavy atom. The van der Waals surface area contributed by atoms with Crippen LogP contribution in [0.15, 0.2) is 29.4 Å². The molecule has 1 aromatic heterocycles. The number of nitrogens with one attached hydrogen (secondary N) is 2. The maximum atomic E-state index is 5.82. The van der Waals surface area contributed by atoms with Crippen molar-refractivity contribution in [1.82, 2.24) is 15.6 Å². The molecule has 0 aliphatic carbocycles. The van der Waals surface area contributed by atoms with Gasteiger partial charge in [0.05, 0.1) is 11.6 Å². The Hall–Kier alpha value is -1.35. The van der Waals surface area contributed by atoms with Crippen LogP contribution in [-0.4, -0.2) is 37.2 Å². The second kappa shape index (κ2) is 12.1. The summed E-state index contributed by atoms with van der Waals surface area (Å²) in [5.74, 6) is 1.74. The van der Waals surface area contributed by atoms with Gasteiger partial charge in [-0.2, -0.15) is 0 Å². The first-order valence-corrected chi connectivity index (χ1v) is 9.53. The molecule has 144 valence electrons. The van der Waals surface area contributed by atoms with Crippen LogP contribution >= 0.6 is 35.3 Å². The number of aromatic nitrogens is 1. The molecule has 0 aliphatic rings. The zero-order chi connectivity index (χ0) is 18.1. The highest BCUT2D eigenvalue weighted by Gasteiger charge is 2.01. The lowest BCUT2D eigenvalue weighted by molar-refractivity contribution is 0.321. The van der Waals surface area contributed by atoms with Gasteiger partial charge in [-0.15, -0.1) is 35.3 Å². The highest BCUT2D eigenvalue weighted by Crippen LogP contribution is 2.15. The fourth-order valence-corrected chi connectivity index (χ4v) is 3.25. The summed E-state index contributed by atoms with van der Waals surface area (Å²) in [6.07, 6.45) is 2.78. The molecule has 0 amide bonds. The number of rotatable bonds is 8. The maximum absolute atomic E-state index is 5.82. The molecular weight excluding hydrogens is 459 g/mol. The smallest absolute Gasteiger partial charge is 0.191 e. The fraction of sp³-hybridized carbons (Fsp3) is 0.474. The Morgan fingerprint density at radius 1 is 1.15 bits per heavy atom. The van der Waals surface area contributed by atoms with Crippen molar-refractivity contribution in [1.29, 1.82) is 0 Å². The van der Waals surface area contributed by atoms with Crippen LogP contribution in [0.4, 0.5) is 0 Å². The predicted molar refractivity (Wildman–Crippen MR) is 121 cm³/mol. The Morgan fingerprint density at radius 3 is 2.50 bits per heavy atom. The minimum atomic E-state index is 0. The van der Waals surface area contributed by atoms with E-state index >= 15 is 0 Å². The van der Waals surface area contributed by atoms with Gasteiger partial charge in [0.25, 0.3) is 0 Å². The molecule has 0 aliphatic heterocycles. The van der Waals surface area contributed by atoms with E-state index in [4.69, 9.17) is 4.74 Å². The lowest BCUT2D eigenvalue weighted by Crippen LogP contribution is -2.39. The monoisotopic (exact) mass is 488 g/mol. The molecule has 0 saturated carbocycles. The molecule has 7 heteroatoms. The van der Waals surface area contributed by atoms with Crippen LogP contribution in [0.3, 0.4) is 0 Å². The second-order valence-corrected chi connectivity index (χ2v) is 7.29. The molecule has 1 aromatic carbocycles. The number of aliphatic imine (C=N–C) groups is 1. The minimum absolute atomic E-state index is 0. The molecule has 5 nitrogen and oxygen atoms in total. The average Bonchev–Trinajstić information content (AvgIpc) is 2.96. The summed E-state index contributed by atoms with van der Waals surface area (Å²) < 4.78 is 5.82. The van der Waals surface area contributed by atoms with Crippen molar-refractivity contribution in [3.63, 3.8) is 0 Å². The van der Waals surface area contributed by atoms with Crippen LogP contribution in [0.1, 0.15) is 27.9 Å². The van der Waals surface area contributed by atoms with Crippen LogP contribution in [0, 0.1) is 20.8 Å². The average molecular weight is 488 g/mol. The molecule has 0 saturated heterocycles. The number of hydrogen-bond donors (Lipinski definition) is 2. The first-order valence-electron chi connectivity index (χ1n) is 8.71. The molecule has 26 heavy (non-hydrogen) atoms. The summed E-state index contributed by atoms with van der Waals surface area (Å²) in [5.41, 5.74) is 2.44. The first kappa shape index (κ1) is 22.7. The lowest BCUT2D eigenvalue weighted by Gasteiger charge is -2.12. The number of guanidine groups is 1. The van der Waals surface area contributed by atoms with E-state index in [9.17, 15) is 0 Å². The van der Waals surface area contributed by atoms with Gasteiger partial charge < -0.3 is 15.4 Å². The number of hydrogen-bond acceptors (Lipinski definition) is 4. The highest BCUT2D eigenvalue weighted by molar-refractivity contribution is 14.0. The van der Waals surface area contributed by atoms with E-state index in [0.29, 0.717) is 13.2 Å². The summed E-state index contributed by atoms with van der Waals surface area (Å²) in [5, 5.41) is 7.70. The van der Waals surface area contributed by atoms with Crippen molar-refractivity contribution in [2.45, 2.75) is 34.1 Å². The number of halogens is 1. The van der Waals surface area contributed by atoms with Gasteiger partial charge in [0.2, 0.25) is 0 Å². The van der Waals surface area contributed by atoms with Gasteiger partial charge in [-0.3, -0.25) is 4.99 Å². The van der Waals surface area contributed by atoms with Crippen LogP contribution in [0.5, 0.6) is 5.75 Å². The van der Waals surface area contributed by atoms with Crippen LogP contribution in [0.2, 0.25) is 0 Å². The van der Waals surface area contributed by atoms with Gasteiger partial charge in [-0.25, -0.2) is 4.98 Å². The number of thiazole rings is 1. The quantitative estimate of drug-likeness (QED) is 0.257. The third kappa shape index (κ3) is 8.35. The van der Waals surface area contributed by atoms with Crippen LogP contribution in [0.25, 0.3) is 0 Å². The van der Waals surface area contributed by atoms with Crippen molar-refractivity contribution in [2.75, 3.05) is 26.2 Å². The van der Waals surface area contributed by atoms with Crippen molar-refractivity contribution in [3.05, 3.63) is 45.4 Å². The van der Waals surface area contributed by atoms with E-state index in [-0.39, 0.29) is 24.0 Å². The van der Waals surface area contributed by atoms with E-state index in [1.807, 2.05) is 6.20 Å². The molecule has 1 heterocycles. The summed E-state index contributed by atoms with van der Waals surface area (Å²) in [4.78, 5) is 10.2. The normalized spacial score (nSPS) is 11.0. The van der Waals surface area contributed by atoms with Gasteiger partial charge >= 0.3 is 0 Å². The molecule has 2 N–H and O–H groups in total. The number of nitrogens with zero attached hydrogens (tertiary/aromatic N) is 2. The molecular formula is C19H29IN4OS. The Labute approximate surface area is 177 Å². The third-order valence-corrected chi connectivity index (χ3v) is 4.44. The standard InChI is InChI=1S/C19H28N4OS.HI/c1-5-20-19(21-7-6-18-23-13-16(4)25-18)22-8-9-24-17-11-14(2)10-15(3)12-17;/h10-13H,5-9H2,1-4H3,(H2,20,21,22);1H. The second-order valence-electron chi connectivity index (χ2n) is 5.97. The van der Waals surface area contributed by atoms with Gasteiger partial charge in [0.1, 0.15) is 12.4 Å². The largest absolute Gasteiger partial charge is 0.492 e. The van der Waals surface area contributed by atoms with Crippen LogP contribution in [-0.2, 0) is 6.42 Å². The minimum Gasteiger partial charge on any atom is -0.492 e. The number of ether oxygens (including phenoxy) is 1. The van der Waals surface area contributed by atoms with E-state index in [0.717, 1.165) is 36.2 Å². The van der Waals surface area contributed by atoms with Crippen molar-refractivity contribution in [3.8, 4) is 5.75 Å². The molecule has 2 rings (SSSR count). The van der Waals surface area contributed by atoms with E-state index in [1.54, 1.807) is 11.3 Å². The van der Waals surface area contributed by atoms with E-state index in [1.165, 1.54) is 16.0 Å². The Bertz CT molecular complexity index is 682. The van der Waals surface area contributed by atoms with Crippen molar-refractivity contribution >= 4 is 41.3 Å². The van der Waals surface area contributed by atoms with Gasteiger partial charge in [-0.05, 0) is 51.0 Å². The Balaban J connectivity index is 0.00000338. The molecule has 0 radical (unpaired) electrons. The third-order valence-electron chi connectivity index (χ3n) is 3.47. The molecule has 0 spiro atoms. The number of aryl methyl sites for hydroxylation is 3. The summed E-state index contributed by atoms with van der Waals surface area (Å²) in [6, 6.07) is 6.26. The summed E-state index contributed by atoms with van der Waals surface area (Å²) in [6.45, 7) is 11.2. The SMILES string of the molecule is CCNC(=NCCc1ncc(C)s1)NCCOc1cc(C)cc(C)c1.I. The fourth-order valence-electron chi connectivity index (χ4n) is 2.48. The van der Waals surface area contributed by atoms with Crippen molar-refractivity contribution in [2.24, 2.45) is 4.99 Å². The topological polar surface area (TPSA) is 58.5 Å². The van der Waals surface area contributed by atoms with E-state index < -0.39 is 0 Å². The lowest BCUT2D eigenvalue weighted by atomic mass is 10.1. The molecule has 0 atom stereocenters. The van der Waals surface area contributed by atoms with Gasteiger partial charge in [-0.1, -0.05) is 6.07 Å². The molecule has 0 bridgehead atoms. The zero-order valence-electron chi connectivity index (χ0n) is 16.0. The first-order chi connectivity index (χ1) is 12.1. The predicted octanol–water partition coefficient (Wildman–Crippen LogP) is 3.86. The zero-order valence-corrected chi connectivity index (χ0v) is 19.1. The van der Waals surface area contributed by atoms with Gasteiger partial charge in [0, 0.05) is 30.6 Å². The summed E-state index contributed by atoms with van der Waals surface area (Å²) in [7, 11) is 0. The maximum Gasteiger partial charge on any atom is 0.191 e. The molecule has 0 fully saturated rings. The molecule has 0 unspecified atom stereocenters. The Kier molecular flexibility index (Phi) is 10.6. The summed E-state index contributed by atoms with van der Waals surface area (Å²) >= 11 is 1.73. The molecule has 2 aromatic rings. The van der Waals surface area contributed by atoms with Crippen LogP contribution < -0.4 is 15.4 Å². The van der Waals surface area contributed by atoms with E-state index in [2.05, 4.69) is 66.5 Å². The van der Waals surface area contributed by atoms with Gasteiger partial charge in [0.15, 0.2) is 5.96 Å². The highest BCUT2D eigenvalue weighted by atomic mass is 127. The number of benzene rings is 1. The van der Waals surface area contributed by atoms with Crippen molar-refractivity contribution < 1.29 is 4.74 Å².